The number of hydrogen-bond donors (Lipinski definition) is 0. The van der Waals surface area contributed by atoms with Crippen molar-refractivity contribution in [1.29, 1.82) is 0 Å². The van der Waals surface area contributed by atoms with Crippen LogP contribution < -0.4 is 4.74 Å². The Kier molecular flexibility index (Phi) is 7.21. The number of amides is 2. The predicted octanol–water partition coefficient (Wildman–Crippen LogP) is 5.11. The predicted molar refractivity (Wildman–Crippen MR) is 141 cm³/mol. The summed E-state index contributed by atoms with van der Waals surface area (Å²) < 4.78 is 6.09. The third-order valence-corrected chi connectivity index (χ3v) is 7.91. The van der Waals surface area contributed by atoms with E-state index in [0.717, 1.165) is 42.3 Å². The molecule has 0 aliphatic carbocycles. The fourth-order valence-electron chi connectivity index (χ4n) is 5.71. The first-order valence-electron chi connectivity index (χ1n) is 13.2. The lowest BCUT2D eigenvalue weighted by molar-refractivity contribution is -0.145. The van der Waals surface area contributed by atoms with Gasteiger partial charge in [-0.15, -0.1) is 0 Å². The Balaban J connectivity index is 1.31. The number of para-hydroxylation sites is 2. The number of fused-ring (bicyclic) bond motifs is 2. The normalized spacial score (nSPS) is 18.8. The van der Waals surface area contributed by atoms with Gasteiger partial charge in [0.25, 0.3) is 5.91 Å². The Bertz CT molecular complexity index is 1230. The molecule has 0 atom stereocenters. The lowest BCUT2D eigenvalue weighted by Gasteiger charge is -2.43. The van der Waals surface area contributed by atoms with Gasteiger partial charge in [0.15, 0.2) is 0 Å². The van der Waals surface area contributed by atoms with Crippen molar-refractivity contribution in [1.82, 2.24) is 14.8 Å². The number of carbonyl (C=O) groups is 2. The number of likely N-dealkylation sites (tertiary alicyclic amines) is 1. The first-order valence-corrected chi connectivity index (χ1v) is 13.2. The molecule has 2 aliphatic rings. The van der Waals surface area contributed by atoms with E-state index >= 15 is 0 Å². The van der Waals surface area contributed by atoms with Crippen LogP contribution in [0.2, 0.25) is 0 Å². The third kappa shape index (κ3) is 4.95. The quantitative estimate of drug-likeness (QED) is 0.506. The fourth-order valence-corrected chi connectivity index (χ4v) is 5.71. The molecule has 1 fully saturated rings. The second-order valence-electron chi connectivity index (χ2n) is 10.0. The number of rotatable bonds is 2. The van der Waals surface area contributed by atoms with Crippen LogP contribution in [0.3, 0.4) is 0 Å². The van der Waals surface area contributed by atoms with E-state index in [1.165, 1.54) is 5.56 Å². The SMILES string of the molecule is CCN1CCOc2ccccc2CCCCC2(CCN(C(=O)c3cnc4ccccc4c3)CC2)C1=O. The van der Waals surface area contributed by atoms with Crippen LogP contribution in [0.15, 0.2) is 60.8 Å². The van der Waals surface area contributed by atoms with E-state index in [4.69, 9.17) is 4.74 Å². The van der Waals surface area contributed by atoms with Crippen LogP contribution in [-0.2, 0) is 11.2 Å². The van der Waals surface area contributed by atoms with Crippen molar-refractivity contribution in [3.05, 3.63) is 71.9 Å². The van der Waals surface area contributed by atoms with E-state index in [0.29, 0.717) is 51.2 Å². The number of ether oxygens (including phenoxy) is 1. The Hall–Kier alpha value is -3.41. The van der Waals surface area contributed by atoms with Gasteiger partial charge in [-0.05, 0) is 62.8 Å². The average molecular weight is 486 g/mol. The van der Waals surface area contributed by atoms with Crippen molar-refractivity contribution >= 4 is 22.7 Å². The van der Waals surface area contributed by atoms with Gasteiger partial charge in [0.2, 0.25) is 5.91 Å². The topological polar surface area (TPSA) is 62.7 Å². The first kappa shape index (κ1) is 24.3. The molecule has 6 nitrogen and oxygen atoms in total. The number of benzene rings is 2. The average Bonchev–Trinajstić information content (AvgIpc) is 2.93. The molecule has 0 N–H and O–H groups in total. The van der Waals surface area contributed by atoms with E-state index in [9.17, 15) is 9.59 Å². The van der Waals surface area contributed by atoms with Crippen LogP contribution >= 0.6 is 0 Å². The van der Waals surface area contributed by atoms with E-state index in [2.05, 4.69) is 17.1 Å². The number of piperidine rings is 1. The zero-order valence-electron chi connectivity index (χ0n) is 21.1. The van der Waals surface area contributed by atoms with Gasteiger partial charge >= 0.3 is 0 Å². The zero-order chi connectivity index (χ0) is 25.0. The van der Waals surface area contributed by atoms with E-state index in [-0.39, 0.29) is 11.8 Å². The molecular weight excluding hydrogens is 450 g/mol. The van der Waals surface area contributed by atoms with Gasteiger partial charge in [-0.2, -0.15) is 0 Å². The van der Waals surface area contributed by atoms with E-state index in [1.807, 2.05) is 59.2 Å². The molecule has 188 valence electrons. The van der Waals surface area contributed by atoms with Gasteiger partial charge in [-0.1, -0.05) is 42.8 Å². The molecule has 1 aromatic heterocycles. The van der Waals surface area contributed by atoms with Crippen molar-refractivity contribution in [3.63, 3.8) is 0 Å². The van der Waals surface area contributed by atoms with Crippen LogP contribution in [0, 0.1) is 5.41 Å². The maximum Gasteiger partial charge on any atom is 0.255 e. The Morgan fingerprint density at radius 1 is 1.00 bits per heavy atom. The van der Waals surface area contributed by atoms with Crippen molar-refractivity contribution in [2.24, 2.45) is 5.41 Å². The Morgan fingerprint density at radius 3 is 2.61 bits per heavy atom. The zero-order valence-corrected chi connectivity index (χ0v) is 21.1. The number of hydrogen-bond acceptors (Lipinski definition) is 4. The monoisotopic (exact) mass is 485 g/mol. The minimum atomic E-state index is -0.410. The van der Waals surface area contributed by atoms with Gasteiger partial charge in [-0.25, -0.2) is 0 Å². The van der Waals surface area contributed by atoms with Crippen molar-refractivity contribution in [2.75, 3.05) is 32.8 Å². The fraction of sp³-hybridized carbons (Fsp3) is 0.433. The van der Waals surface area contributed by atoms with E-state index < -0.39 is 5.41 Å². The number of aryl methyl sites for hydroxylation is 1. The number of pyridine rings is 1. The van der Waals surface area contributed by atoms with E-state index in [1.54, 1.807) is 6.20 Å². The molecule has 2 aliphatic heterocycles. The van der Waals surface area contributed by atoms with Crippen LogP contribution in [-0.4, -0.2) is 59.4 Å². The third-order valence-electron chi connectivity index (χ3n) is 7.91. The molecule has 0 unspecified atom stereocenters. The summed E-state index contributed by atoms with van der Waals surface area (Å²) in [7, 11) is 0. The highest BCUT2D eigenvalue weighted by Crippen LogP contribution is 2.39. The molecule has 0 bridgehead atoms. The summed E-state index contributed by atoms with van der Waals surface area (Å²) in [4.78, 5) is 35.5. The molecule has 3 heterocycles. The molecule has 0 saturated carbocycles. The molecule has 3 aromatic rings. The molecular formula is C30H35N3O3. The second kappa shape index (κ2) is 10.7. The largest absolute Gasteiger partial charge is 0.491 e. The standard InChI is InChI=1S/C30H35N3O3/c1-2-32-19-20-36-27-13-6-4-9-23(27)10-7-8-14-30(29(32)35)15-17-33(18-16-30)28(34)25-21-24-11-3-5-12-26(24)31-22-25/h3-6,9,11-13,21-22H,2,7-8,10,14-20H2,1H3. The number of carbonyl (C=O) groups excluding carboxylic acids is 2. The number of aromatic nitrogens is 1. The summed E-state index contributed by atoms with van der Waals surface area (Å²) in [6.45, 7) is 4.96. The van der Waals surface area contributed by atoms with Gasteiger partial charge in [0, 0.05) is 31.2 Å². The van der Waals surface area contributed by atoms with Crippen LogP contribution in [0.4, 0.5) is 0 Å². The maximum atomic E-state index is 13.9. The minimum absolute atomic E-state index is 0.000982. The van der Waals surface area contributed by atoms with Crippen LogP contribution in [0.1, 0.15) is 54.9 Å². The Labute approximate surface area is 213 Å². The summed E-state index contributed by atoms with van der Waals surface area (Å²) in [6.07, 6.45) is 6.90. The molecule has 6 heteroatoms. The summed E-state index contributed by atoms with van der Waals surface area (Å²) in [5.74, 6) is 1.16. The minimum Gasteiger partial charge on any atom is -0.491 e. The lowest BCUT2D eigenvalue weighted by Crippen LogP contribution is -2.52. The highest BCUT2D eigenvalue weighted by Gasteiger charge is 2.43. The summed E-state index contributed by atoms with van der Waals surface area (Å²) in [5.41, 5.74) is 2.33. The Morgan fingerprint density at radius 2 is 1.78 bits per heavy atom. The van der Waals surface area contributed by atoms with Crippen LogP contribution in [0.5, 0.6) is 5.75 Å². The number of nitrogens with zero attached hydrogens (tertiary/aromatic N) is 3. The molecule has 1 spiro atoms. The molecule has 0 radical (unpaired) electrons. The smallest absolute Gasteiger partial charge is 0.255 e. The van der Waals surface area contributed by atoms with Gasteiger partial charge < -0.3 is 14.5 Å². The maximum absolute atomic E-state index is 13.9. The highest BCUT2D eigenvalue weighted by atomic mass is 16.5. The molecule has 5 rings (SSSR count). The second-order valence-corrected chi connectivity index (χ2v) is 10.0. The number of likely N-dealkylation sites (N-methyl/N-ethyl adjacent to an activating group) is 1. The van der Waals surface area contributed by atoms with Crippen molar-refractivity contribution in [3.8, 4) is 5.75 Å². The van der Waals surface area contributed by atoms with Gasteiger partial charge in [-0.3, -0.25) is 14.6 Å². The van der Waals surface area contributed by atoms with Crippen molar-refractivity contribution < 1.29 is 14.3 Å². The van der Waals surface area contributed by atoms with Gasteiger partial charge in [0.05, 0.1) is 23.0 Å². The highest BCUT2D eigenvalue weighted by molar-refractivity contribution is 5.97. The van der Waals surface area contributed by atoms with Crippen molar-refractivity contribution in [2.45, 2.75) is 45.4 Å². The molecule has 1 saturated heterocycles. The van der Waals surface area contributed by atoms with Gasteiger partial charge in [0.1, 0.15) is 12.4 Å². The summed E-state index contributed by atoms with van der Waals surface area (Å²) in [5, 5.41) is 0.966. The molecule has 2 aromatic carbocycles. The first-order chi connectivity index (χ1) is 17.6. The van der Waals surface area contributed by atoms with Crippen LogP contribution in [0.25, 0.3) is 10.9 Å². The molecule has 36 heavy (non-hydrogen) atoms. The lowest BCUT2D eigenvalue weighted by atomic mass is 9.73. The molecule has 2 amide bonds. The summed E-state index contributed by atoms with van der Waals surface area (Å²) in [6, 6.07) is 18.0. The summed E-state index contributed by atoms with van der Waals surface area (Å²) >= 11 is 0.